The van der Waals surface area contributed by atoms with Gasteiger partial charge in [0.1, 0.15) is 5.75 Å². The average Bonchev–Trinajstić information content (AvgIpc) is 3.31. The first-order valence-corrected chi connectivity index (χ1v) is 9.47. The Balaban J connectivity index is 1.58. The van der Waals surface area contributed by atoms with Crippen LogP contribution in [0.4, 0.5) is 0 Å². The zero-order valence-electron chi connectivity index (χ0n) is 15.3. The highest BCUT2D eigenvalue weighted by atomic mass is 16.5. The second kappa shape index (κ2) is 7.50. The maximum atomic E-state index is 12.8. The van der Waals surface area contributed by atoms with Crippen LogP contribution in [-0.2, 0) is 19.5 Å². The summed E-state index contributed by atoms with van der Waals surface area (Å²) in [7, 11) is 1.67. The van der Waals surface area contributed by atoms with Crippen LogP contribution in [0.5, 0.6) is 5.75 Å². The van der Waals surface area contributed by atoms with Gasteiger partial charge in [-0.3, -0.25) is 9.48 Å². The van der Waals surface area contributed by atoms with Gasteiger partial charge < -0.3 is 15.4 Å². The van der Waals surface area contributed by atoms with Crippen LogP contribution < -0.4 is 15.4 Å². The van der Waals surface area contributed by atoms with Gasteiger partial charge in [-0.1, -0.05) is 25.0 Å². The van der Waals surface area contributed by atoms with Gasteiger partial charge in [0.15, 0.2) is 5.69 Å². The van der Waals surface area contributed by atoms with E-state index in [0.29, 0.717) is 24.8 Å². The quantitative estimate of drug-likeness (QED) is 0.864. The fourth-order valence-electron chi connectivity index (χ4n) is 3.96. The third-order valence-corrected chi connectivity index (χ3v) is 5.40. The number of benzene rings is 1. The third-order valence-electron chi connectivity index (χ3n) is 5.40. The summed E-state index contributed by atoms with van der Waals surface area (Å²) in [5, 5.41) is 11.3. The van der Waals surface area contributed by atoms with Crippen molar-refractivity contribution in [2.75, 3.05) is 13.7 Å². The molecule has 2 aliphatic rings. The second-order valence-corrected chi connectivity index (χ2v) is 7.16. The minimum absolute atomic E-state index is 0.0228. The normalized spacial score (nSPS) is 17.1. The van der Waals surface area contributed by atoms with Crippen LogP contribution in [0.2, 0.25) is 0 Å². The lowest BCUT2D eigenvalue weighted by Crippen LogP contribution is -2.34. The van der Waals surface area contributed by atoms with Crippen molar-refractivity contribution in [2.45, 2.75) is 51.2 Å². The largest absolute Gasteiger partial charge is 0.497 e. The van der Waals surface area contributed by atoms with Crippen molar-refractivity contribution in [2.24, 2.45) is 0 Å². The number of nitrogens with zero attached hydrogens (tertiary/aromatic N) is 2. The van der Waals surface area contributed by atoms with E-state index in [9.17, 15) is 4.79 Å². The molecule has 0 radical (unpaired) electrons. The topological polar surface area (TPSA) is 68.2 Å². The summed E-state index contributed by atoms with van der Waals surface area (Å²) in [4.78, 5) is 12.8. The molecule has 2 N–H and O–H groups in total. The Hall–Kier alpha value is -2.34. The minimum Gasteiger partial charge on any atom is -0.497 e. The Kier molecular flexibility index (Phi) is 4.93. The third kappa shape index (κ3) is 3.46. The number of hydrogen-bond donors (Lipinski definition) is 2. The molecule has 0 atom stereocenters. The summed E-state index contributed by atoms with van der Waals surface area (Å²) in [5.74, 6) is 0.822. The van der Waals surface area contributed by atoms with Crippen LogP contribution in [-0.4, -0.2) is 35.4 Å². The molecule has 4 rings (SSSR count). The molecule has 2 aromatic rings. The first-order valence-electron chi connectivity index (χ1n) is 9.47. The Bertz CT molecular complexity index is 776. The highest BCUT2D eigenvalue weighted by Crippen LogP contribution is 2.22. The number of methoxy groups -OCH3 is 1. The lowest BCUT2D eigenvalue weighted by atomic mass is 10.1. The van der Waals surface area contributed by atoms with Crippen LogP contribution in [0.15, 0.2) is 24.3 Å². The molecule has 0 saturated heterocycles. The van der Waals surface area contributed by atoms with Crippen LogP contribution in [0.1, 0.15) is 53.0 Å². The molecular formula is C20H26N4O2. The standard InChI is InChI=1S/C20H26N4O2/c1-26-16-8-6-14(7-9-16)13-24-18-10-11-21-12-17(18)19(23-24)20(25)22-15-4-2-3-5-15/h6-9,15,21H,2-5,10-13H2,1H3,(H,22,25). The number of ether oxygens (including phenoxy) is 1. The van der Waals surface area contributed by atoms with E-state index in [1.165, 1.54) is 18.5 Å². The van der Waals surface area contributed by atoms with Crippen LogP contribution in [0.3, 0.4) is 0 Å². The highest BCUT2D eigenvalue weighted by Gasteiger charge is 2.27. The van der Waals surface area contributed by atoms with E-state index in [1.54, 1.807) is 7.11 Å². The molecule has 6 heteroatoms. The fraction of sp³-hybridized carbons (Fsp3) is 0.500. The van der Waals surface area contributed by atoms with Crippen LogP contribution in [0, 0.1) is 0 Å². The molecule has 138 valence electrons. The van der Waals surface area contributed by atoms with Gasteiger partial charge in [0, 0.05) is 36.8 Å². The lowest BCUT2D eigenvalue weighted by molar-refractivity contribution is 0.0931. The summed E-state index contributed by atoms with van der Waals surface area (Å²) in [6.07, 6.45) is 5.47. The predicted octanol–water partition coefficient (Wildman–Crippen LogP) is 2.26. The summed E-state index contributed by atoms with van der Waals surface area (Å²) < 4.78 is 7.23. The Morgan fingerprint density at radius 2 is 2.08 bits per heavy atom. The minimum atomic E-state index is -0.0228. The van der Waals surface area contributed by atoms with Crippen molar-refractivity contribution in [1.29, 1.82) is 0 Å². The zero-order chi connectivity index (χ0) is 17.9. The molecule has 0 spiro atoms. The van der Waals surface area contributed by atoms with Crippen LogP contribution >= 0.6 is 0 Å². The highest BCUT2D eigenvalue weighted by molar-refractivity contribution is 5.94. The number of hydrogen-bond acceptors (Lipinski definition) is 4. The van der Waals surface area contributed by atoms with Gasteiger partial charge in [0.25, 0.3) is 5.91 Å². The molecule has 2 heterocycles. The van der Waals surface area contributed by atoms with Gasteiger partial charge >= 0.3 is 0 Å². The maximum absolute atomic E-state index is 12.8. The molecule has 1 fully saturated rings. The number of rotatable bonds is 5. The molecule has 1 saturated carbocycles. The van der Waals surface area contributed by atoms with Crippen molar-refractivity contribution >= 4 is 5.91 Å². The van der Waals surface area contributed by atoms with Crippen molar-refractivity contribution in [3.8, 4) is 5.75 Å². The monoisotopic (exact) mass is 354 g/mol. The number of amides is 1. The number of nitrogens with one attached hydrogen (secondary N) is 2. The molecule has 6 nitrogen and oxygen atoms in total. The van der Waals surface area contributed by atoms with E-state index >= 15 is 0 Å². The summed E-state index contributed by atoms with van der Waals surface area (Å²) in [5.41, 5.74) is 3.97. The van der Waals surface area contributed by atoms with Gasteiger partial charge in [-0.15, -0.1) is 0 Å². The first-order chi connectivity index (χ1) is 12.7. The van der Waals surface area contributed by atoms with Crippen molar-refractivity contribution in [3.05, 3.63) is 46.8 Å². The average molecular weight is 354 g/mol. The molecule has 0 unspecified atom stereocenters. The fourth-order valence-corrected chi connectivity index (χ4v) is 3.96. The maximum Gasteiger partial charge on any atom is 0.272 e. The summed E-state index contributed by atoms with van der Waals surface area (Å²) >= 11 is 0. The van der Waals surface area contributed by atoms with Crippen molar-refractivity contribution < 1.29 is 9.53 Å². The Morgan fingerprint density at radius 3 is 2.81 bits per heavy atom. The van der Waals surface area contributed by atoms with Crippen molar-refractivity contribution in [1.82, 2.24) is 20.4 Å². The summed E-state index contributed by atoms with van der Waals surface area (Å²) in [6.45, 7) is 2.30. The molecular weight excluding hydrogens is 328 g/mol. The first kappa shape index (κ1) is 17.1. The number of carbonyl (C=O) groups excluding carboxylic acids is 1. The number of aromatic nitrogens is 2. The van der Waals surface area contributed by atoms with Gasteiger partial charge in [-0.05, 0) is 30.5 Å². The predicted molar refractivity (Wildman–Crippen MR) is 99.5 cm³/mol. The molecule has 1 aliphatic carbocycles. The van der Waals surface area contributed by atoms with Gasteiger partial charge in [0.05, 0.1) is 13.7 Å². The van der Waals surface area contributed by atoms with Crippen LogP contribution in [0.25, 0.3) is 0 Å². The van der Waals surface area contributed by atoms with E-state index < -0.39 is 0 Å². The van der Waals surface area contributed by atoms with Gasteiger partial charge in [-0.25, -0.2) is 0 Å². The molecule has 1 aromatic heterocycles. The number of carbonyl (C=O) groups is 1. The van der Waals surface area contributed by atoms with E-state index in [1.807, 2.05) is 28.9 Å². The lowest BCUT2D eigenvalue weighted by Gasteiger charge is -2.16. The van der Waals surface area contributed by atoms with Crippen molar-refractivity contribution in [3.63, 3.8) is 0 Å². The Labute approximate surface area is 153 Å². The molecule has 26 heavy (non-hydrogen) atoms. The number of fused-ring (bicyclic) bond motifs is 1. The smallest absolute Gasteiger partial charge is 0.272 e. The molecule has 1 aliphatic heterocycles. The molecule has 0 bridgehead atoms. The summed E-state index contributed by atoms with van der Waals surface area (Å²) in [6, 6.07) is 8.32. The zero-order valence-corrected chi connectivity index (χ0v) is 15.3. The van der Waals surface area contributed by atoms with Gasteiger partial charge in [-0.2, -0.15) is 5.10 Å². The second-order valence-electron chi connectivity index (χ2n) is 7.16. The van der Waals surface area contributed by atoms with E-state index in [0.717, 1.165) is 42.7 Å². The van der Waals surface area contributed by atoms with E-state index in [-0.39, 0.29) is 5.91 Å². The van der Waals surface area contributed by atoms with Gasteiger partial charge in [0.2, 0.25) is 0 Å². The molecule has 1 amide bonds. The molecule has 1 aromatic carbocycles. The Morgan fingerprint density at radius 1 is 1.31 bits per heavy atom. The van der Waals surface area contributed by atoms with E-state index in [2.05, 4.69) is 10.6 Å². The SMILES string of the molecule is COc1ccc(Cn2nc(C(=O)NC3CCCC3)c3c2CCNC3)cc1. The van der Waals surface area contributed by atoms with E-state index in [4.69, 9.17) is 9.84 Å².